The molecular formula is C21H19N5O2. The summed E-state index contributed by atoms with van der Waals surface area (Å²) in [7, 11) is 0. The van der Waals surface area contributed by atoms with E-state index in [-0.39, 0.29) is 23.2 Å². The zero-order chi connectivity index (χ0) is 19.9. The lowest BCUT2D eigenvalue weighted by atomic mass is 10.1. The monoisotopic (exact) mass is 373 g/mol. The fourth-order valence-electron chi connectivity index (χ4n) is 3.04. The molecule has 1 aliphatic rings. The molecule has 0 bridgehead atoms. The first-order valence-electron chi connectivity index (χ1n) is 8.94. The van der Waals surface area contributed by atoms with Gasteiger partial charge in [0.15, 0.2) is 5.82 Å². The standard InChI is InChI=1S/C21H19N5O2/c1-21(2)9-17(21)25-19(27)15-7-8-18(23-11-15)26-20(28)16(12-24-26)14-5-3-13(10-22)4-6-14/h3-8,11-12,17,28H,9H2,1-2H3,(H,25,27). The molecule has 1 aliphatic carbocycles. The smallest absolute Gasteiger partial charge is 0.253 e. The summed E-state index contributed by atoms with van der Waals surface area (Å²) in [6.07, 6.45) is 3.99. The molecule has 0 spiro atoms. The van der Waals surface area contributed by atoms with Crippen LogP contribution >= 0.6 is 0 Å². The van der Waals surface area contributed by atoms with Gasteiger partial charge in [-0.25, -0.2) is 4.98 Å². The Labute approximate surface area is 162 Å². The van der Waals surface area contributed by atoms with Gasteiger partial charge in [0.25, 0.3) is 5.91 Å². The number of rotatable bonds is 4. The number of aromatic nitrogens is 3. The molecule has 1 fully saturated rings. The molecule has 1 unspecified atom stereocenters. The van der Waals surface area contributed by atoms with Crippen LogP contribution in [-0.2, 0) is 0 Å². The minimum Gasteiger partial charge on any atom is -0.493 e. The summed E-state index contributed by atoms with van der Waals surface area (Å²) in [6, 6.07) is 12.4. The van der Waals surface area contributed by atoms with Crippen molar-refractivity contribution in [3.05, 3.63) is 59.9 Å². The van der Waals surface area contributed by atoms with Gasteiger partial charge in [-0.1, -0.05) is 26.0 Å². The van der Waals surface area contributed by atoms with Crippen LogP contribution in [0.2, 0.25) is 0 Å². The van der Waals surface area contributed by atoms with E-state index in [0.717, 1.165) is 12.0 Å². The van der Waals surface area contributed by atoms with Crippen molar-refractivity contribution in [2.24, 2.45) is 5.41 Å². The third kappa shape index (κ3) is 3.21. The van der Waals surface area contributed by atoms with Gasteiger partial charge in [0.1, 0.15) is 0 Å². The molecule has 2 aromatic heterocycles. The van der Waals surface area contributed by atoms with E-state index in [9.17, 15) is 9.90 Å². The summed E-state index contributed by atoms with van der Waals surface area (Å²) in [5.74, 6) is 0.187. The highest BCUT2D eigenvalue weighted by atomic mass is 16.3. The normalized spacial score (nSPS) is 17.0. The second-order valence-electron chi connectivity index (χ2n) is 7.61. The van der Waals surface area contributed by atoms with Gasteiger partial charge in [-0.2, -0.15) is 15.0 Å². The van der Waals surface area contributed by atoms with E-state index in [1.54, 1.807) is 36.4 Å². The van der Waals surface area contributed by atoms with Crippen LogP contribution in [0.15, 0.2) is 48.8 Å². The van der Waals surface area contributed by atoms with Crippen molar-refractivity contribution in [2.45, 2.75) is 26.3 Å². The Bertz CT molecular complexity index is 1080. The summed E-state index contributed by atoms with van der Waals surface area (Å²) < 4.78 is 1.30. The predicted octanol–water partition coefficient (Wildman–Crippen LogP) is 3.04. The molecule has 140 valence electrons. The summed E-state index contributed by atoms with van der Waals surface area (Å²) in [6.45, 7) is 4.23. The van der Waals surface area contributed by atoms with Crippen molar-refractivity contribution >= 4 is 5.91 Å². The third-order valence-electron chi connectivity index (χ3n) is 5.11. The first kappa shape index (κ1) is 17.7. The summed E-state index contributed by atoms with van der Waals surface area (Å²) in [5, 5.41) is 26.6. The number of hydrogen-bond acceptors (Lipinski definition) is 5. The van der Waals surface area contributed by atoms with Crippen LogP contribution in [0.3, 0.4) is 0 Å². The maximum atomic E-state index is 12.3. The van der Waals surface area contributed by atoms with Gasteiger partial charge in [-0.15, -0.1) is 0 Å². The lowest BCUT2D eigenvalue weighted by Crippen LogP contribution is -2.28. The lowest BCUT2D eigenvalue weighted by molar-refractivity contribution is 0.0946. The molecule has 0 radical (unpaired) electrons. The topological polar surface area (TPSA) is 104 Å². The highest BCUT2D eigenvalue weighted by Crippen LogP contribution is 2.44. The highest BCUT2D eigenvalue weighted by Gasteiger charge is 2.46. The predicted molar refractivity (Wildman–Crippen MR) is 103 cm³/mol. The molecule has 28 heavy (non-hydrogen) atoms. The molecule has 0 saturated heterocycles. The van der Waals surface area contributed by atoms with E-state index >= 15 is 0 Å². The second kappa shape index (κ2) is 6.50. The van der Waals surface area contributed by atoms with Gasteiger partial charge in [-0.3, -0.25) is 4.79 Å². The van der Waals surface area contributed by atoms with Crippen molar-refractivity contribution < 1.29 is 9.90 Å². The summed E-state index contributed by atoms with van der Waals surface area (Å²) >= 11 is 0. The van der Waals surface area contributed by atoms with E-state index in [1.807, 2.05) is 0 Å². The van der Waals surface area contributed by atoms with Gasteiger partial charge < -0.3 is 10.4 Å². The first-order valence-corrected chi connectivity index (χ1v) is 8.94. The van der Waals surface area contributed by atoms with Crippen LogP contribution in [0.1, 0.15) is 36.2 Å². The number of carbonyl (C=O) groups is 1. The number of nitrogens with zero attached hydrogens (tertiary/aromatic N) is 4. The Morgan fingerprint density at radius 2 is 1.96 bits per heavy atom. The Morgan fingerprint density at radius 1 is 1.25 bits per heavy atom. The van der Waals surface area contributed by atoms with Crippen LogP contribution in [0.5, 0.6) is 5.88 Å². The molecule has 1 amide bonds. The van der Waals surface area contributed by atoms with E-state index in [2.05, 4.69) is 35.3 Å². The molecule has 2 N–H and O–H groups in total. The Balaban J connectivity index is 1.54. The van der Waals surface area contributed by atoms with Gasteiger partial charge in [0.05, 0.1) is 29.0 Å². The van der Waals surface area contributed by atoms with E-state index < -0.39 is 0 Å². The Hall–Kier alpha value is -3.66. The third-order valence-corrected chi connectivity index (χ3v) is 5.11. The zero-order valence-electron chi connectivity index (χ0n) is 15.5. The summed E-state index contributed by atoms with van der Waals surface area (Å²) in [4.78, 5) is 16.6. The molecule has 0 aliphatic heterocycles. The number of aromatic hydroxyl groups is 1. The number of pyridine rings is 1. The molecular weight excluding hydrogens is 354 g/mol. The minimum absolute atomic E-state index is 0.0610. The Kier molecular flexibility index (Phi) is 4.12. The van der Waals surface area contributed by atoms with Crippen LogP contribution < -0.4 is 5.32 Å². The number of carbonyl (C=O) groups excluding carboxylic acids is 1. The number of hydrogen-bond donors (Lipinski definition) is 2. The van der Waals surface area contributed by atoms with Gasteiger partial charge in [0, 0.05) is 12.2 Å². The molecule has 1 aromatic carbocycles. The lowest BCUT2D eigenvalue weighted by Gasteiger charge is -2.08. The summed E-state index contributed by atoms with van der Waals surface area (Å²) in [5.41, 5.74) is 2.44. The fourth-order valence-corrected chi connectivity index (χ4v) is 3.04. The number of amides is 1. The van der Waals surface area contributed by atoms with Crippen molar-refractivity contribution in [3.8, 4) is 28.9 Å². The highest BCUT2D eigenvalue weighted by molar-refractivity contribution is 5.94. The minimum atomic E-state index is -0.155. The zero-order valence-corrected chi connectivity index (χ0v) is 15.5. The van der Waals surface area contributed by atoms with Crippen LogP contribution in [-0.4, -0.2) is 31.8 Å². The number of benzene rings is 1. The van der Waals surface area contributed by atoms with E-state index in [4.69, 9.17) is 5.26 Å². The van der Waals surface area contributed by atoms with E-state index in [1.165, 1.54) is 17.1 Å². The molecule has 1 atom stereocenters. The van der Waals surface area contributed by atoms with Gasteiger partial charge in [-0.05, 0) is 41.7 Å². The molecule has 7 nitrogen and oxygen atoms in total. The maximum absolute atomic E-state index is 12.3. The molecule has 7 heteroatoms. The van der Waals surface area contributed by atoms with Crippen LogP contribution in [0, 0.1) is 16.7 Å². The van der Waals surface area contributed by atoms with Crippen molar-refractivity contribution in [3.63, 3.8) is 0 Å². The number of nitrogens with one attached hydrogen (secondary N) is 1. The van der Waals surface area contributed by atoms with Crippen molar-refractivity contribution in [1.29, 1.82) is 5.26 Å². The van der Waals surface area contributed by atoms with Crippen LogP contribution in [0.4, 0.5) is 0 Å². The van der Waals surface area contributed by atoms with Crippen molar-refractivity contribution in [2.75, 3.05) is 0 Å². The van der Waals surface area contributed by atoms with Crippen molar-refractivity contribution in [1.82, 2.24) is 20.1 Å². The van der Waals surface area contributed by atoms with E-state index in [0.29, 0.717) is 22.5 Å². The SMILES string of the molecule is CC1(C)CC1NC(=O)c1ccc(-n2ncc(-c3ccc(C#N)cc3)c2O)nc1. The van der Waals surface area contributed by atoms with Gasteiger partial charge >= 0.3 is 0 Å². The van der Waals surface area contributed by atoms with Gasteiger partial charge in [0.2, 0.25) is 5.88 Å². The van der Waals surface area contributed by atoms with Crippen LogP contribution in [0.25, 0.3) is 16.9 Å². The molecule has 3 aromatic rings. The fraction of sp³-hybridized carbons (Fsp3) is 0.238. The number of nitriles is 1. The quantitative estimate of drug-likeness (QED) is 0.731. The molecule has 2 heterocycles. The average molecular weight is 373 g/mol. The molecule has 1 saturated carbocycles. The first-order chi connectivity index (χ1) is 13.4. The molecule has 4 rings (SSSR count). The average Bonchev–Trinajstić information content (AvgIpc) is 3.11. The Morgan fingerprint density at radius 3 is 2.54 bits per heavy atom. The largest absolute Gasteiger partial charge is 0.493 e. The maximum Gasteiger partial charge on any atom is 0.253 e. The second-order valence-corrected chi connectivity index (χ2v) is 7.61.